The molecule has 1 aliphatic carbocycles. The van der Waals surface area contributed by atoms with E-state index in [4.69, 9.17) is 4.52 Å². The van der Waals surface area contributed by atoms with Crippen LogP contribution in [0.1, 0.15) is 48.5 Å². The number of allylic oxidation sites excluding steroid dienone is 1. The molecule has 4 rings (SSSR count). The van der Waals surface area contributed by atoms with Crippen LogP contribution in [0.2, 0.25) is 0 Å². The van der Waals surface area contributed by atoms with Crippen LogP contribution in [0.5, 0.6) is 0 Å². The standard InChI is InChI=1S/C19H27N3O4S/c1-13(2)7-8-21-9-10-22(16-12-27(24,25)11-15(16)21)19(23)18-14-5-3-4-6-17(14)26-20-18/h7,15-16H,3-6,8-12H2,1-2H3/t15-,16+/m0/s1. The third-order valence-corrected chi connectivity index (χ3v) is 7.64. The highest BCUT2D eigenvalue weighted by molar-refractivity contribution is 7.91. The van der Waals surface area contributed by atoms with E-state index >= 15 is 0 Å². The lowest BCUT2D eigenvalue weighted by molar-refractivity contribution is 0.0359. The summed E-state index contributed by atoms with van der Waals surface area (Å²) in [6.45, 7) is 5.99. The van der Waals surface area contributed by atoms with E-state index in [1.807, 2.05) is 13.8 Å². The van der Waals surface area contributed by atoms with Crippen molar-refractivity contribution in [3.63, 3.8) is 0 Å². The lowest BCUT2D eigenvalue weighted by atomic mass is 9.95. The Labute approximate surface area is 160 Å². The van der Waals surface area contributed by atoms with Crippen molar-refractivity contribution in [3.05, 3.63) is 28.7 Å². The van der Waals surface area contributed by atoms with Gasteiger partial charge in [-0.2, -0.15) is 0 Å². The molecular weight excluding hydrogens is 366 g/mol. The molecule has 0 saturated carbocycles. The Morgan fingerprint density at radius 2 is 1.93 bits per heavy atom. The van der Waals surface area contributed by atoms with Crippen molar-refractivity contribution >= 4 is 15.7 Å². The number of fused-ring (bicyclic) bond motifs is 2. The number of rotatable bonds is 3. The van der Waals surface area contributed by atoms with Gasteiger partial charge in [0.25, 0.3) is 5.91 Å². The van der Waals surface area contributed by atoms with Crippen molar-refractivity contribution < 1.29 is 17.7 Å². The maximum atomic E-state index is 13.2. The summed E-state index contributed by atoms with van der Waals surface area (Å²) in [7, 11) is -3.15. The second-order valence-corrected chi connectivity index (χ2v) is 10.3. The van der Waals surface area contributed by atoms with Gasteiger partial charge in [-0.15, -0.1) is 0 Å². The third-order valence-electron chi connectivity index (χ3n) is 5.94. The number of hydrogen-bond acceptors (Lipinski definition) is 6. The normalized spacial score (nSPS) is 27.1. The highest BCUT2D eigenvalue weighted by atomic mass is 32.2. The fraction of sp³-hybridized carbons (Fsp3) is 0.684. The number of aryl methyl sites for hydroxylation is 1. The summed E-state index contributed by atoms with van der Waals surface area (Å²) in [5.41, 5.74) is 2.53. The predicted molar refractivity (Wildman–Crippen MR) is 101 cm³/mol. The summed E-state index contributed by atoms with van der Waals surface area (Å²) < 4.78 is 30.1. The fourth-order valence-electron chi connectivity index (χ4n) is 4.49. The second-order valence-electron chi connectivity index (χ2n) is 8.13. The Hall–Kier alpha value is -1.67. The van der Waals surface area contributed by atoms with Crippen LogP contribution in [0.25, 0.3) is 0 Å². The molecule has 27 heavy (non-hydrogen) atoms. The molecule has 148 valence electrons. The molecule has 3 aliphatic rings. The van der Waals surface area contributed by atoms with Crippen molar-refractivity contribution in [3.8, 4) is 0 Å². The van der Waals surface area contributed by atoms with Gasteiger partial charge in [-0.05, 0) is 33.1 Å². The average Bonchev–Trinajstić information content (AvgIpc) is 3.18. The van der Waals surface area contributed by atoms with Crippen molar-refractivity contribution in [1.82, 2.24) is 15.0 Å². The van der Waals surface area contributed by atoms with Crippen LogP contribution in [0, 0.1) is 0 Å². The summed E-state index contributed by atoms with van der Waals surface area (Å²) >= 11 is 0. The summed E-state index contributed by atoms with van der Waals surface area (Å²) in [6, 6.07) is -0.455. The zero-order valence-corrected chi connectivity index (χ0v) is 16.8. The van der Waals surface area contributed by atoms with Crippen molar-refractivity contribution in [1.29, 1.82) is 0 Å². The Bertz CT molecular complexity index is 870. The number of sulfone groups is 1. The fourth-order valence-corrected chi connectivity index (χ4v) is 6.50. The number of aromatic nitrogens is 1. The molecule has 0 spiro atoms. The molecule has 1 aromatic rings. The lowest BCUT2D eigenvalue weighted by Crippen LogP contribution is -2.60. The highest BCUT2D eigenvalue weighted by Gasteiger charge is 2.48. The van der Waals surface area contributed by atoms with Gasteiger partial charge < -0.3 is 9.42 Å². The molecule has 7 nitrogen and oxygen atoms in total. The zero-order chi connectivity index (χ0) is 19.2. The maximum Gasteiger partial charge on any atom is 0.276 e. The minimum atomic E-state index is -3.15. The lowest BCUT2D eigenvalue weighted by Gasteiger charge is -2.43. The Kier molecular flexibility index (Phi) is 4.88. The van der Waals surface area contributed by atoms with Gasteiger partial charge in [0.15, 0.2) is 15.5 Å². The van der Waals surface area contributed by atoms with Crippen molar-refractivity contribution in [2.75, 3.05) is 31.1 Å². The number of amides is 1. The first-order valence-corrected chi connectivity index (χ1v) is 11.5. The smallest absolute Gasteiger partial charge is 0.276 e. The molecule has 2 fully saturated rings. The van der Waals surface area contributed by atoms with Crippen LogP contribution < -0.4 is 0 Å². The van der Waals surface area contributed by atoms with Gasteiger partial charge in [0.1, 0.15) is 5.76 Å². The van der Waals surface area contributed by atoms with E-state index in [1.54, 1.807) is 4.90 Å². The summed E-state index contributed by atoms with van der Waals surface area (Å²) in [4.78, 5) is 17.2. The summed E-state index contributed by atoms with van der Waals surface area (Å²) in [5, 5.41) is 4.06. The van der Waals surface area contributed by atoms with Crippen LogP contribution in [-0.4, -0.2) is 72.5 Å². The summed E-state index contributed by atoms with van der Waals surface area (Å²) in [6.07, 6.45) is 5.85. The van der Waals surface area contributed by atoms with Gasteiger partial charge in [-0.3, -0.25) is 9.69 Å². The quantitative estimate of drug-likeness (QED) is 0.723. The Morgan fingerprint density at radius 1 is 1.19 bits per heavy atom. The van der Waals surface area contributed by atoms with Crippen LogP contribution in [0.15, 0.2) is 16.2 Å². The maximum absolute atomic E-state index is 13.2. The molecule has 0 radical (unpaired) electrons. The van der Waals surface area contributed by atoms with Crippen LogP contribution >= 0.6 is 0 Å². The van der Waals surface area contributed by atoms with Gasteiger partial charge >= 0.3 is 0 Å². The first-order valence-electron chi connectivity index (χ1n) is 9.72. The molecule has 3 heterocycles. The molecule has 8 heteroatoms. The number of piperazine rings is 1. The van der Waals surface area contributed by atoms with Gasteiger partial charge in [0.2, 0.25) is 0 Å². The van der Waals surface area contributed by atoms with Gasteiger partial charge in [0.05, 0.1) is 17.5 Å². The Morgan fingerprint density at radius 3 is 2.70 bits per heavy atom. The van der Waals surface area contributed by atoms with E-state index in [0.717, 1.165) is 43.6 Å². The molecule has 0 aromatic carbocycles. The third kappa shape index (κ3) is 3.57. The van der Waals surface area contributed by atoms with Crippen molar-refractivity contribution in [2.24, 2.45) is 0 Å². The predicted octanol–water partition coefficient (Wildman–Crippen LogP) is 1.44. The highest BCUT2D eigenvalue weighted by Crippen LogP contribution is 2.30. The first-order chi connectivity index (χ1) is 12.9. The largest absolute Gasteiger partial charge is 0.360 e. The van der Waals surface area contributed by atoms with Crippen molar-refractivity contribution in [2.45, 2.75) is 51.6 Å². The van der Waals surface area contributed by atoms with Gasteiger partial charge in [-0.25, -0.2) is 8.42 Å². The summed E-state index contributed by atoms with van der Waals surface area (Å²) in [5.74, 6) is 0.808. The monoisotopic (exact) mass is 393 g/mol. The molecule has 2 atom stereocenters. The van der Waals surface area contributed by atoms with Crippen LogP contribution in [0.4, 0.5) is 0 Å². The second kappa shape index (κ2) is 7.05. The number of carbonyl (C=O) groups excluding carboxylic acids is 1. The van der Waals surface area contributed by atoms with E-state index in [-0.39, 0.29) is 29.5 Å². The van der Waals surface area contributed by atoms with E-state index in [9.17, 15) is 13.2 Å². The van der Waals surface area contributed by atoms with Gasteiger partial charge in [0, 0.05) is 37.7 Å². The van der Waals surface area contributed by atoms with E-state index in [1.165, 1.54) is 5.57 Å². The zero-order valence-electron chi connectivity index (χ0n) is 16.0. The van der Waals surface area contributed by atoms with E-state index in [2.05, 4.69) is 16.1 Å². The molecule has 1 aromatic heterocycles. The molecule has 1 amide bonds. The van der Waals surface area contributed by atoms with Gasteiger partial charge in [-0.1, -0.05) is 16.8 Å². The topological polar surface area (TPSA) is 83.7 Å². The number of carbonyl (C=O) groups is 1. The minimum absolute atomic E-state index is 0.0365. The first kappa shape index (κ1) is 18.7. The molecule has 0 N–H and O–H groups in total. The van der Waals surface area contributed by atoms with Crippen LogP contribution in [-0.2, 0) is 22.7 Å². The SMILES string of the molecule is CC(C)=CCN1CCN(C(=O)c2noc3c2CCCC3)[C@@H]2CS(=O)(=O)C[C@@H]21. The number of hydrogen-bond donors (Lipinski definition) is 0. The molecule has 2 saturated heterocycles. The molecule has 0 unspecified atom stereocenters. The molecule has 0 bridgehead atoms. The number of nitrogens with zero attached hydrogens (tertiary/aromatic N) is 3. The van der Waals surface area contributed by atoms with E-state index in [0.29, 0.717) is 18.8 Å². The molecular formula is C19H27N3O4S. The minimum Gasteiger partial charge on any atom is -0.360 e. The average molecular weight is 394 g/mol. The Balaban J connectivity index is 1.60. The van der Waals surface area contributed by atoms with Crippen LogP contribution in [0.3, 0.4) is 0 Å². The molecule has 2 aliphatic heterocycles. The van der Waals surface area contributed by atoms with E-state index < -0.39 is 9.84 Å².